The van der Waals surface area contributed by atoms with Crippen LogP contribution in [-0.2, 0) is 22.2 Å². The molecule has 3 N–H and O–H groups in total. The molecule has 0 saturated heterocycles. The monoisotopic (exact) mass is 376 g/mol. The molecule has 0 atom stereocenters. The topological polar surface area (TPSA) is 86.9 Å². The zero-order valence-corrected chi connectivity index (χ0v) is 14.1. The number of nitrogens with one attached hydrogen (secondary N) is 3. The van der Waals surface area contributed by atoms with Crippen LogP contribution in [0.15, 0.2) is 42.7 Å². The van der Waals surface area contributed by atoms with Crippen LogP contribution in [0.2, 0.25) is 0 Å². The van der Waals surface area contributed by atoms with Gasteiger partial charge in [-0.15, -0.1) is 0 Å². The zero-order chi connectivity index (χ0) is 19.6. The lowest BCUT2D eigenvalue weighted by atomic mass is 10.1. The van der Waals surface area contributed by atoms with Crippen LogP contribution in [0.5, 0.6) is 0 Å². The second-order valence-corrected chi connectivity index (χ2v) is 5.91. The summed E-state index contributed by atoms with van der Waals surface area (Å²) in [6, 6.07) is 6.44. The van der Waals surface area contributed by atoms with E-state index in [0.29, 0.717) is 28.0 Å². The van der Waals surface area contributed by atoms with Crippen LogP contribution in [-0.4, -0.2) is 21.8 Å². The Morgan fingerprint density at radius 2 is 1.93 bits per heavy atom. The number of anilines is 2. The number of rotatable bonds is 4. The Balaban J connectivity index is 1.73. The summed E-state index contributed by atoms with van der Waals surface area (Å²) in [5.74, 6) is -0.323. The van der Waals surface area contributed by atoms with Crippen LogP contribution >= 0.6 is 0 Å². The van der Waals surface area contributed by atoms with Gasteiger partial charge in [-0.25, -0.2) is 4.98 Å². The molecule has 1 aromatic carbocycles. The number of fused-ring (bicyclic) bond motifs is 1. The van der Waals surface area contributed by atoms with Gasteiger partial charge in [0.15, 0.2) is 0 Å². The van der Waals surface area contributed by atoms with Crippen LogP contribution in [0.3, 0.4) is 0 Å². The number of H-pyrrole nitrogens is 1. The number of benzene rings is 1. The molecule has 0 saturated carbocycles. The fourth-order valence-corrected chi connectivity index (χ4v) is 2.60. The third-order valence-electron chi connectivity index (χ3n) is 3.80. The second kappa shape index (κ2) is 7.10. The van der Waals surface area contributed by atoms with Crippen molar-refractivity contribution in [3.05, 3.63) is 53.9 Å². The first-order chi connectivity index (χ1) is 12.7. The number of carbonyl (C=O) groups is 2. The number of halogens is 3. The van der Waals surface area contributed by atoms with Gasteiger partial charge in [-0.3, -0.25) is 9.59 Å². The third kappa shape index (κ3) is 4.43. The van der Waals surface area contributed by atoms with E-state index >= 15 is 0 Å². The predicted molar refractivity (Wildman–Crippen MR) is 94.2 cm³/mol. The smallest absolute Gasteiger partial charge is 0.361 e. The summed E-state index contributed by atoms with van der Waals surface area (Å²) >= 11 is 0. The van der Waals surface area contributed by atoms with Gasteiger partial charge in [0.2, 0.25) is 11.8 Å². The number of nitrogens with zero attached hydrogens (tertiary/aromatic N) is 1. The fourth-order valence-electron chi connectivity index (χ4n) is 2.60. The quantitative estimate of drug-likeness (QED) is 0.649. The van der Waals surface area contributed by atoms with Crippen molar-refractivity contribution < 1.29 is 22.8 Å². The van der Waals surface area contributed by atoms with Gasteiger partial charge in [0, 0.05) is 24.0 Å². The van der Waals surface area contributed by atoms with E-state index in [1.165, 1.54) is 31.5 Å². The standard InChI is InChI=1S/C18H15F3N4O2/c1-10(26)24-16-5-3-13(9-23-16)25-17(27)6-11-8-22-15-4-2-12(7-14(11)15)18(19,20)21/h2-5,7-9,22H,6H2,1H3,(H,25,27)(H,23,24,26). The Morgan fingerprint density at radius 3 is 2.56 bits per heavy atom. The highest BCUT2D eigenvalue weighted by Gasteiger charge is 2.30. The van der Waals surface area contributed by atoms with Crippen LogP contribution in [0.4, 0.5) is 24.7 Å². The summed E-state index contributed by atoms with van der Waals surface area (Å²) < 4.78 is 38.7. The molecule has 2 amide bonds. The van der Waals surface area contributed by atoms with E-state index in [0.717, 1.165) is 12.1 Å². The molecular formula is C18H15F3N4O2. The summed E-state index contributed by atoms with van der Waals surface area (Å²) in [7, 11) is 0. The molecule has 6 nitrogen and oxygen atoms in total. The molecule has 3 rings (SSSR count). The largest absolute Gasteiger partial charge is 0.416 e. The molecule has 2 aromatic heterocycles. The molecule has 2 heterocycles. The number of alkyl halides is 3. The molecule has 9 heteroatoms. The van der Waals surface area contributed by atoms with Crippen molar-refractivity contribution in [1.82, 2.24) is 9.97 Å². The molecule has 3 aromatic rings. The van der Waals surface area contributed by atoms with Crippen molar-refractivity contribution in [2.75, 3.05) is 10.6 Å². The lowest BCUT2D eigenvalue weighted by Gasteiger charge is -2.08. The van der Waals surface area contributed by atoms with Crippen LogP contribution in [0, 0.1) is 0 Å². The molecule has 27 heavy (non-hydrogen) atoms. The molecule has 0 spiro atoms. The van der Waals surface area contributed by atoms with Gasteiger partial charge in [0.25, 0.3) is 0 Å². The zero-order valence-electron chi connectivity index (χ0n) is 14.1. The lowest BCUT2D eigenvalue weighted by Crippen LogP contribution is -2.15. The molecule has 0 aliphatic carbocycles. The molecule has 0 aliphatic rings. The van der Waals surface area contributed by atoms with Gasteiger partial charge in [0.1, 0.15) is 5.82 Å². The highest BCUT2D eigenvalue weighted by molar-refractivity contribution is 5.96. The third-order valence-corrected chi connectivity index (χ3v) is 3.80. The van der Waals surface area contributed by atoms with Crippen molar-refractivity contribution in [1.29, 1.82) is 0 Å². The molecule has 0 fully saturated rings. The number of carbonyl (C=O) groups excluding carboxylic acids is 2. The number of amides is 2. The van der Waals surface area contributed by atoms with Crippen molar-refractivity contribution >= 4 is 34.2 Å². The van der Waals surface area contributed by atoms with Crippen molar-refractivity contribution in [2.45, 2.75) is 19.5 Å². The number of aromatic nitrogens is 2. The van der Waals surface area contributed by atoms with E-state index in [1.54, 1.807) is 6.07 Å². The van der Waals surface area contributed by atoms with E-state index in [1.807, 2.05) is 0 Å². The van der Waals surface area contributed by atoms with Gasteiger partial charge in [-0.1, -0.05) is 0 Å². The molecule has 140 valence electrons. The van der Waals surface area contributed by atoms with E-state index in [4.69, 9.17) is 0 Å². The average molecular weight is 376 g/mol. The maximum atomic E-state index is 12.9. The number of hydrogen-bond donors (Lipinski definition) is 3. The van der Waals surface area contributed by atoms with Gasteiger partial charge in [-0.05, 0) is 35.9 Å². The first-order valence-corrected chi connectivity index (χ1v) is 7.93. The van der Waals surface area contributed by atoms with Gasteiger partial charge in [-0.2, -0.15) is 13.2 Å². The van der Waals surface area contributed by atoms with E-state index in [9.17, 15) is 22.8 Å². The number of hydrogen-bond acceptors (Lipinski definition) is 3. The van der Waals surface area contributed by atoms with E-state index in [-0.39, 0.29) is 12.3 Å². The minimum Gasteiger partial charge on any atom is -0.361 e. The highest BCUT2D eigenvalue weighted by Crippen LogP contribution is 2.32. The SMILES string of the molecule is CC(=O)Nc1ccc(NC(=O)Cc2c[nH]c3ccc(C(F)(F)F)cc23)cn1. The average Bonchev–Trinajstić information content (AvgIpc) is 2.97. The van der Waals surface area contributed by atoms with Crippen molar-refractivity contribution in [3.8, 4) is 0 Å². The minimum atomic E-state index is -4.45. The Morgan fingerprint density at radius 1 is 1.15 bits per heavy atom. The minimum absolute atomic E-state index is 0.102. The summed E-state index contributed by atoms with van der Waals surface area (Å²) in [6.07, 6.45) is -1.66. The molecule has 0 bridgehead atoms. The Hall–Kier alpha value is -3.36. The predicted octanol–water partition coefficient (Wildman–Crippen LogP) is 3.72. The van der Waals surface area contributed by atoms with E-state index < -0.39 is 17.6 Å². The van der Waals surface area contributed by atoms with E-state index in [2.05, 4.69) is 20.6 Å². The van der Waals surface area contributed by atoms with Crippen LogP contribution in [0.1, 0.15) is 18.1 Å². The number of pyridine rings is 1. The Kier molecular flexibility index (Phi) is 4.85. The van der Waals surface area contributed by atoms with Gasteiger partial charge in [0.05, 0.1) is 23.9 Å². The highest BCUT2D eigenvalue weighted by atomic mass is 19.4. The normalized spacial score (nSPS) is 11.4. The Labute approximate surface area is 151 Å². The second-order valence-electron chi connectivity index (χ2n) is 5.91. The first kappa shape index (κ1) is 18.4. The van der Waals surface area contributed by atoms with Crippen molar-refractivity contribution in [2.24, 2.45) is 0 Å². The summed E-state index contributed by atoms with van der Waals surface area (Å²) in [4.78, 5) is 30.0. The number of aromatic amines is 1. The molecular weight excluding hydrogens is 361 g/mol. The summed E-state index contributed by atoms with van der Waals surface area (Å²) in [5.41, 5.74) is 0.613. The molecule has 0 unspecified atom stereocenters. The first-order valence-electron chi connectivity index (χ1n) is 7.93. The van der Waals surface area contributed by atoms with Crippen LogP contribution < -0.4 is 10.6 Å². The summed E-state index contributed by atoms with van der Waals surface area (Å²) in [6.45, 7) is 1.35. The van der Waals surface area contributed by atoms with Crippen LogP contribution in [0.25, 0.3) is 10.9 Å². The summed E-state index contributed by atoms with van der Waals surface area (Å²) in [5, 5.41) is 5.47. The fraction of sp³-hybridized carbons (Fsp3) is 0.167. The Bertz CT molecular complexity index is 994. The molecule has 0 radical (unpaired) electrons. The molecule has 0 aliphatic heterocycles. The maximum absolute atomic E-state index is 12.9. The van der Waals surface area contributed by atoms with Crippen molar-refractivity contribution in [3.63, 3.8) is 0 Å². The van der Waals surface area contributed by atoms with Gasteiger partial charge < -0.3 is 15.6 Å². The maximum Gasteiger partial charge on any atom is 0.416 e. The van der Waals surface area contributed by atoms with Gasteiger partial charge >= 0.3 is 6.18 Å². The lowest BCUT2D eigenvalue weighted by molar-refractivity contribution is -0.137.